The highest BCUT2D eigenvalue weighted by atomic mass is 16.3. The standard InChI is InChI=1S/C16H24N4O3/c1-13(21)19-6-7-20(11-15(22)10-19)16(23)12-18(2)9-14-4-3-5-17-8-14/h3-5,8,15,22H,6-7,9-12H2,1-2H3/t15-/m0/s1. The van der Waals surface area contributed by atoms with Crippen LogP contribution in [0.15, 0.2) is 24.5 Å². The van der Waals surface area contributed by atoms with Crippen molar-refractivity contribution >= 4 is 11.8 Å². The molecule has 1 aliphatic rings. The van der Waals surface area contributed by atoms with E-state index in [4.69, 9.17) is 0 Å². The summed E-state index contributed by atoms with van der Waals surface area (Å²) in [6, 6.07) is 3.83. The molecule has 0 radical (unpaired) electrons. The largest absolute Gasteiger partial charge is 0.389 e. The Morgan fingerprint density at radius 3 is 2.70 bits per heavy atom. The summed E-state index contributed by atoms with van der Waals surface area (Å²) in [6.45, 7) is 3.84. The summed E-state index contributed by atoms with van der Waals surface area (Å²) in [5.74, 6) is -0.118. The Kier molecular flexibility index (Phi) is 6.06. The molecule has 23 heavy (non-hydrogen) atoms. The average Bonchev–Trinajstić information content (AvgIpc) is 2.70. The molecule has 0 aromatic carbocycles. The summed E-state index contributed by atoms with van der Waals surface area (Å²) < 4.78 is 0. The van der Waals surface area contributed by atoms with Crippen molar-refractivity contribution in [3.63, 3.8) is 0 Å². The number of rotatable bonds is 4. The Morgan fingerprint density at radius 1 is 1.35 bits per heavy atom. The number of pyridine rings is 1. The third-order valence-corrected chi connectivity index (χ3v) is 3.88. The molecule has 1 N–H and O–H groups in total. The molecular formula is C16H24N4O3. The molecule has 2 heterocycles. The van der Waals surface area contributed by atoms with E-state index < -0.39 is 6.10 Å². The number of carbonyl (C=O) groups is 2. The second-order valence-corrected chi connectivity index (χ2v) is 5.99. The van der Waals surface area contributed by atoms with Crippen LogP contribution in [0, 0.1) is 0 Å². The van der Waals surface area contributed by atoms with Crippen molar-refractivity contribution in [3.05, 3.63) is 30.1 Å². The number of β-amino-alcohol motifs (C(OH)–C–C–N with tert-alkyl or cyclic N) is 1. The topological polar surface area (TPSA) is 77.0 Å². The second-order valence-electron chi connectivity index (χ2n) is 5.99. The number of hydrogen-bond donors (Lipinski definition) is 1. The van der Waals surface area contributed by atoms with Crippen molar-refractivity contribution in [1.29, 1.82) is 0 Å². The zero-order valence-electron chi connectivity index (χ0n) is 13.7. The van der Waals surface area contributed by atoms with Gasteiger partial charge in [0.15, 0.2) is 0 Å². The van der Waals surface area contributed by atoms with Gasteiger partial charge in [-0.15, -0.1) is 0 Å². The highest BCUT2D eigenvalue weighted by molar-refractivity contribution is 5.78. The predicted molar refractivity (Wildman–Crippen MR) is 85.4 cm³/mol. The molecule has 1 saturated heterocycles. The van der Waals surface area contributed by atoms with Crippen LogP contribution in [-0.2, 0) is 16.1 Å². The van der Waals surface area contributed by atoms with Gasteiger partial charge in [-0.25, -0.2) is 0 Å². The van der Waals surface area contributed by atoms with Crippen molar-refractivity contribution in [2.45, 2.75) is 19.6 Å². The number of nitrogens with zero attached hydrogens (tertiary/aromatic N) is 4. The molecule has 1 fully saturated rings. The monoisotopic (exact) mass is 320 g/mol. The van der Waals surface area contributed by atoms with Crippen LogP contribution in [0.2, 0.25) is 0 Å². The smallest absolute Gasteiger partial charge is 0.236 e. The van der Waals surface area contributed by atoms with Crippen LogP contribution in [0.1, 0.15) is 12.5 Å². The minimum absolute atomic E-state index is 0.0409. The van der Waals surface area contributed by atoms with Crippen molar-refractivity contribution in [3.8, 4) is 0 Å². The van der Waals surface area contributed by atoms with E-state index in [-0.39, 0.29) is 31.4 Å². The molecule has 0 bridgehead atoms. The Hall–Kier alpha value is -1.99. The first kappa shape index (κ1) is 17.4. The molecule has 1 aromatic rings. The van der Waals surface area contributed by atoms with Crippen LogP contribution in [0.4, 0.5) is 0 Å². The summed E-state index contributed by atoms with van der Waals surface area (Å²) in [5.41, 5.74) is 1.04. The minimum atomic E-state index is -0.700. The van der Waals surface area contributed by atoms with Gasteiger partial charge in [0, 0.05) is 52.0 Å². The van der Waals surface area contributed by atoms with Crippen LogP contribution in [0.25, 0.3) is 0 Å². The van der Waals surface area contributed by atoms with E-state index >= 15 is 0 Å². The Bertz CT molecular complexity index is 537. The van der Waals surface area contributed by atoms with Gasteiger partial charge < -0.3 is 14.9 Å². The first-order valence-electron chi connectivity index (χ1n) is 7.74. The summed E-state index contributed by atoms with van der Waals surface area (Å²) in [4.78, 5) is 33.1. The lowest BCUT2D eigenvalue weighted by Crippen LogP contribution is -2.42. The van der Waals surface area contributed by atoms with Gasteiger partial charge in [-0.2, -0.15) is 0 Å². The van der Waals surface area contributed by atoms with E-state index in [1.54, 1.807) is 22.2 Å². The van der Waals surface area contributed by atoms with E-state index in [0.29, 0.717) is 19.6 Å². The minimum Gasteiger partial charge on any atom is -0.389 e. The lowest BCUT2D eigenvalue weighted by molar-refractivity contribution is -0.133. The fourth-order valence-electron chi connectivity index (χ4n) is 2.69. The van der Waals surface area contributed by atoms with Gasteiger partial charge in [0.2, 0.25) is 11.8 Å². The van der Waals surface area contributed by atoms with Crippen molar-refractivity contribution in [2.75, 3.05) is 39.8 Å². The van der Waals surface area contributed by atoms with Crippen LogP contribution >= 0.6 is 0 Å². The molecule has 0 saturated carbocycles. The predicted octanol–water partition coefficient (Wildman–Crippen LogP) is -0.435. The number of aromatic nitrogens is 1. The zero-order valence-corrected chi connectivity index (χ0v) is 13.7. The van der Waals surface area contributed by atoms with E-state index in [1.165, 1.54) is 6.92 Å². The van der Waals surface area contributed by atoms with Gasteiger partial charge in [0.25, 0.3) is 0 Å². The van der Waals surface area contributed by atoms with Crippen molar-refractivity contribution in [1.82, 2.24) is 19.7 Å². The summed E-state index contributed by atoms with van der Waals surface area (Å²) in [7, 11) is 1.88. The number of amides is 2. The summed E-state index contributed by atoms with van der Waals surface area (Å²) >= 11 is 0. The van der Waals surface area contributed by atoms with Gasteiger partial charge >= 0.3 is 0 Å². The molecule has 1 aromatic heterocycles. The Labute approximate surface area is 136 Å². The van der Waals surface area contributed by atoms with Crippen LogP contribution in [0.5, 0.6) is 0 Å². The number of hydrogen-bond acceptors (Lipinski definition) is 5. The molecule has 2 amide bonds. The van der Waals surface area contributed by atoms with Crippen LogP contribution < -0.4 is 0 Å². The van der Waals surface area contributed by atoms with Gasteiger partial charge in [0.05, 0.1) is 12.6 Å². The Morgan fingerprint density at radius 2 is 2.04 bits per heavy atom. The van der Waals surface area contributed by atoms with Crippen molar-refractivity contribution in [2.24, 2.45) is 0 Å². The molecular weight excluding hydrogens is 296 g/mol. The SMILES string of the molecule is CC(=O)N1CCN(C(=O)CN(C)Cc2cccnc2)C[C@@H](O)C1. The molecule has 1 atom stereocenters. The molecule has 126 valence electrons. The fourth-order valence-corrected chi connectivity index (χ4v) is 2.69. The number of carbonyl (C=O) groups excluding carboxylic acids is 2. The molecule has 0 unspecified atom stereocenters. The third-order valence-electron chi connectivity index (χ3n) is 3.88. The third kappa shape index (κ3) is 5.30. The van der Waals surface area contributed by atoms with Crippen molar-refractivity contribution < 1.29 is 14.7 Å². The van der Waals surface area contributed by atoms with Gasteiger partial charge in [0.1, 0.15) is 0 Å². The quantitative estimate of drug-likeness (QED) is 0.814. The highest BCUT2D eigenvalue weighted by Crippen LogP contribution is 2.07. The highest BCUT2D eigenvalue weighted by Gasteiger charge is 2.25. The maximum atomic E-state index is 12.4. The first-order chi connectivity index (χ1) is 11.0. The first-order valence-corrected chi connectivity index (χ1v) is 7.74. The van der Waals surface area contributed by atoms with Crippen LogP contribution in [0.3, 0.4) is 0 Å². The normalized spacial score (nSPS) is 18.9. The van der Waals surface area contributed by atoms with E-state index in [1.807, 2.05) is 24.1 Å². The van der Waals surface area contributed by atoms with E-state index in [0.717, 1.165) is 5.56 Å². The van der Waals surface area contributed by atoms with Gasteiger partial charge in [-0.05, 0) is 18.7 Å². The molecule has 0 aliphatic carbocycles. The maximum Gasteiger partial charge on any atom is 0.236 e. The zero-order chi connectivity index (χ0) is 16.8. The molecule has 2 rings (SSSR count). The molecule has 0 spiro atoms. The number of aliphatic hydroxyl groups excluding tert-OH is 1. The summed E-state index contributed by atoms with van der Waals surface area (Å²) in [5, 5.41) is 9.99. The fraction of sp³-hybridized carbons (Fsp3) is 0.562. The number of aliphatic hydroxyl groups is 1. The Balaban J connectivity index is 1.88. The maximum absolute atomic E-state index is 12.4. The van der Waals surface area contributed by atoms with Gasteiger partial charge in [-0.3, -0.25) is 19.5 Å². The van der Waals surface area contributed by atoms with E-state index in [2.05, 4.69) is 4.98 Å². The van der Waals surface area contributed by atoms with Crippen LogP contribution in [-0.4, -0.2) is 82.5 Å². The average molecular weight is 320 g/mol. The molecule has 7 heteroatoms. The van der Waals surface area contributed by atoms with E-state index in [9.17, 15) is 14.7 Å². The lowest BCUT2D eigenvalue weighted by Gasteiger charge is -2.25. The number of likely N-dealkylation sites (N-methyl/N-ethyl adjacent to an activating group) is 1. The summed E-state index contributed by atoms with van der Waals surface area (Å²) in [6.07, 6.45) is 2.80. The molecule has 1 aliphatic heterocycles. The molecule has 7 nitrogen and oxygen atoms in total. The van der Waals surface area contributed by atoms with Gasteiger partial charge in [-0.1, -0.05) is 6.07 Å². The lowest BCUT2D eigenvalue weighted by atomic mass is 10.2. The second kappa shape index (κ2) is 8.03.